The summed E-state index contributed by atoms with van der Waals surface area (Å²) >= 11 is 0. The zero-order valence-corrected chi connectivity index (χ0v) is 13.0. The molecule has 22 heavy (non-hydrogen) atoms. The number of rotatable bonds is 8. The molecule has 2 saturated carbocycles. The van der Waals surface area contributed by atoms with Crippen molar-refractivity contribution in [3.8, 4) is 0 Å². The summed E-state index contributed by atoms with van der Waals surface area (Å²) in [5.74, 6) is 0.740. The van der Waals surface area contributed by atoms with Crippen LogP contribution in [-0.4, -0.2) is 24.1 Å². The van der Waals surface area contributed by atoms with Crippen LogP contribution in [0, 0.1) is 5.41 Å². The van der Waals surface area contributed by atoms with Crippen LogP contribution < -0.4 is 10.6 Å². The van der Waals surface area contributed by atoms with Crippen molar-refractivity contribution < 1.29 is 0 Å². The largest absolute Gasteiger partial charge is 0.364 e. The van der Waals surface area contributed by atoms with Crippen LogP contribution in [0.4, 0.5) is 0 Å². The first-order chi connectivity index (χ1) is 10.8. The first kappa shape index (κ1) is 14.0. The summed E-state index contributed by atoms with van der Waals surface area (Å²) in [7, 11) is 0. The highest BCUT2D eigenvalue weighted by Crippen LogP contribution is 2.46. The maximum Gasteiger partial charge on any atom is 0.0357 e. The molecule has 3 N–H and O–H groups in total. The molecule has 1 unspecified atom stereocenters. The second-order valence-electron chi connectivity index (χ2n) is 7.04. The van der Waals surface area contributed by atoms with E-state index < -0.39 is 0 Å². The molecule has 4 rings (SSSR count). The Kier molecular flexibility index (Phi) is 3.77. The first-order valence-electron chi connectivity index (χ1n) is 8.46. The number of H-pyrrole nitrogens is 1. The van der Waals surface area contributed by atoms with Crippen LogP contribution >= 0.6 is 0 Å². The van der Waals surface area contributed by atoms with Gasteiger partial charge in [0.1, 0.15) is 0 Å². The van der Waals surface area contributed by atoms with Gasteiger partial charge >= 0.3 is 0 Å². The predicted octanol–water partition coefficient (Wildman–Crippen LogP) is 3.03. The number of hydrogen-bond donors (Lipinski definition) is 3. The molecule has 2 aliphatic rings. The highest BCUT2D eigenvalue weighted by molar-refractivity contribution is 5.27. The van der Waals surface area contributed by atoms with E-state index in [4.69, 9.17) is 0 Å². The van der Waals surface area contributed by atoms with E-state index in [1.807, 2.05) is 6.20 Å². The van der Waals surface area contributed by atoms with E-state index >= 15 is 0 Å². The normalized spacial score (nSPS) is 25.1. The lowest BCUT2D eigenvalue weighted by Crippen LogP contribution is -2.34. The number of aromatic nitrogens is 1. The molecule has 0 saturated heterocycles. The highest BCUT2D eigenvalue weighted by atomic mass is 15.0. The molecular formula is C19H25N3. The van der Waals surface area contributed by atoms with Crippen molar-refractivity contribution in [2.24, 2.45) is 5.41 Å². The lowest BCUT2D eigenvalue weighted by atomic mass is 10.1. The van der Waals surface area contributed by atoms with E-state index in [9.17, 15) is 0 Å². The predicted molar refractivity (Wildman–Crippen MR) is 89.8 cm³/mol. The van der Waals surface area contributed by atoms with Gasteiger partial charge in [-0.1, -0.05) is 30.3 Å². The smallest absolute Gasteiger partial charge is 0.0357 e. The Bertz CT molecular complexity index is 586. The summed E-state index contributed by atoms with van der Waals surface area (Å²) in [6, 6.07) is 15.8. The lowest BCUT2D eigenvalue weighted by molar-refractivity contribution is 0.419. The van der Waals surface area contributed by atoms with Gasteiger partial charge in [-0.3, -0.25) is 0 Å². The zero-order chi connectivity index (χ0) is 14.8. The fraction of sp³-hybridized carbons (Fsp3) is 0.474. The van der Waals surface area contributed by atoms with Crippen molar-refractivity contribution in [1.82, 2.24) is 15.6 Å². The standard InChI is InChI=1S/C19H25N3/c1-2-5-15(6-3-1)17-11-18(17)22-14-19(8-9-19)13-20-12-16-7-4-10-21-16/h1-7,10,17-18,20-22H,8-9,11-14H2/t17?,18-/m0/s1. The number of benzene rings is 1. The highest BCUT2D eigenvalue weighted by Gasteiger charge is 2.45. The summed E-state index contributed by atoms with van der Waals surface area (Å²) in [6.07, 6.45) is 6.01. The van der Waals surface area contributed by atoms with Crippen LogP contribution in [0.5, 0.6) is 0 Å². The SMILES string of the molecule is c1ccc(C2C[C@@H]2NCC2(CNCc3ccc[nH]3)CC2)cc1. The van der Waals surface area contributed by atoms with Gasteiger partial charge in [-0.05, 0) is 42.4 Å². The van der Waals surface area contributed by atoms with Crippen LogP contribution in [0.2, 0.25) is 0 Å². The molecule has 2 fully saturated rings. The average Bonchev–Trinajstić information content (AvgIpc) is 3.45. The van der Waals surface area contributed by atoms with E-state index in [1.54, 1.807) is 0 Å². The molecule has 0 radical (unpaired) electrons. The summed E-state index contributed by atoms with van der Waals surface area (Å²) in [4.78, 5) is 3.25. The Morgan fingerprint density at radius 3 is 2.64 bits per heavy atom. The van der Waals surface area contributed by atoms with Crippen LogP contribution in [0.15, 0.2) is 48.7 Å². The van der Waals surface area contributed by atoms with Gasteiger partial charge in [0.2, 0.25) is 0 Å². The molecule has 3 heteroatoms. The van der Waals surface area contributed by atoms with E-state index in [1.165, 1.54) is 37.1 Å². The van der Waals surface area contributed by atoms with Crippen LogP contribution in [0.3, 0.4) is 0 Å². The minimum absolute atomic E-state index is 0.510. The summed E-state index contributed by atoms with van der Waals surface area (Å²) < 4.78 is 0. The Hall–Kier alpha value is -1.58. The van der Waals surface area contributed by atoms with Gasteiger partial charge in [0, 0.05) is 43.5 Å². The topological polar surface area (TPSA) is 39.8 Å². The third kappa shape index (κ3) is 3.26. The van der Waals surface area contributed by atoms with Crippen molar-refractivity contribution in [3.05, 3.63) is 59.9 Å². The van der Waals surface area contributed by atoms with Gasteiger partial charge in [-0.25, -0.2) is 0 Å². The molecule has 0 amide bonds. The minimum atomic E-state index is 0.510. The molecule has 1 aromatic heterocycles. The second-order valence-corrected chi connectivity index (χ2v) is 7.04. The van der Waals surface area contributed by atoms with Crippen LogP contribution in [0.25, 0.3) is 0 Å². The molecule has 2 aromatic rings. The number of hydrogen-bond acceptors (Lipinski definition) is 2. The Balaban J connectivity index is 1.20. The van der Waals surface area contributed by atoms with Crippen molar-refractivity contribution in [2.45, 2.75) is 37.8 Å². The number of aromatic amines is 1. The zero-order valence-electron chi connectivity index (χ0n) is 13.0. The first-order valence-corrected chi connectivity index (χ1v) is 8.46. The maximum absolute atomic E-state index is 3.80. The van der Waals surface area contributed by atoms with E-state index in [0.717, 1.165) is 19.0 Å². The Morgan fingerprint density at radius 2 is 1.91 bits per heavy atom. The fourth-order valence-electron chi connectivity index (χ4n) is 3.37. The van der Waals surface area contributed by atoms with Crippen LogP contribution in [0.1, 0.15) is 36.4 Å². The quantitative estimate of drug-likeness (QED) is 0.700. The molecule has 0 bridgehead atoms. The lowest BCUT2D eigenvalue weighted by Gasteiger charge is -2.17. The molecule has 0 spiro atoms. The van der Waals surface area contributed by atoms with Crippen molar-refractivity contribution >= 4 is 0 Å². The monoisotopic (exact) mass is 295 g/mol. The van der Waals surface area contributed by atoms with Crippen molar-refractivity contribution in [3.63, 3.8) is 0 Å². The fourth-order valence-corrected chi connectivity index (χ4v) is 3.37. The van der Waals surface area contributed by atoms with Crippen molar-refractivity contribution in [2.75, 3.05) is 13.1 Å². The van der Waals surface area contributed by atoms with E-state index in [2.05, 4.69) is 58.1 Å². The van der Waals surface area contributed by atoms with Gasteiger partial charge in [0.25, 0.3) is 0 Å². The van der Waals surface area contributed by atoms with Crippen molar-refractivity contribution in [1.29, 1.82) is 0 Å². The van der Waals surface area contributed by atoms with Gasteiger partial charge in [-0.2, -0.15) is 0 Å². The van der Waals surface area contributed by atoms with E-state index in [0.29, 0.717) is 11.5 Å². The maximum atomic E-state index is 3.80. The molecule has 3 nitrogen and oxygen atoms in total. The summed E-state index contributed by atoms with van der Waals surface area (Å²) in [6.45, 7) is 3.24. The van der Waals surface area contributed by atoms with Gasteiger partial charge in [0.15, 0.2) is 0 Å². The third-order valence-electron chi connectivity index (χ3n) is 5.19. The van der Waals surface area contributed by atoms with Gasteiger partial charge in [0.05, 0.1) is 0 Å². The van der Waals surface area contributed by atoms with E-state index in [-0.39, 0.29) is 0 Å². The Morgan fingerprint density at radius 1 is 1.05 bits per heavy atom. The summed E-state index contributed by atoms with van der Waals surface area (Å²) in [5.41, 5.74) is 3.28. The summed E-state index contributed by atoms with van der Waals surface area (Å²) in [5, 5.41) is 7.41. The molecule has 2 atom stereocenters. The van der Waals surface area contributed by atoms with Crippen LogP contribution in [-0.2, 0) is 6.54 Å². The third-order valence-corrected chi connectivity index (χ3v) is 5.19. The molecule has 1 heterocycles. The molecular weight excluding hydrogens is 270 g/mol. The molecule has 2 aliphatic carbocycles. The van der Waals surface area contributed by atoms with Gasteiger partial charge < -0.3 is 15.6 Å². The molecule has 116 valence electrons. The Labute approximate surface area is 132 Å². The average molecular weight is 295 g/mol. The minimum Gasteiger partial charge on any atom is -0.364 e. The number of nitrogens with one attached hydrogen (secondary N) is 3. The molecule has 1 aromatic carbocycles. The molecule has 0 aliphatic heterocycles. The van der Waals surface area contributed by atoms with Gasteiger partial charge in [-0.15, -0.1) is 0 Å². The second kappa shape index (κ2) is 5.90.